The van der Waals surface area contributed by atoms with Crippen LogP contribution in [0.3, 0.4) is 0 Å². The number of carbonyl (C=O) groups is 4. The van der Waals surface area contributed by atoms with Gasteiger partial charge in [-0.15, -0.1) is 0 Å². The van der Waals surface area contributed by atoms with E-state index < -0.39 is 17.6 Å². The zero-order valence-corrected chi connectivity index (χ0v) is 15.2. The highest BCUT2D eigenvalue weighted by atomic mass is 16.2. The number of hydrogen-bond donors (Lipinski definition) is 1. The van der Waals surface area contributed by atoms with E-state index in [0.29, 0.717) is 39.0 Å². The summed E-state index contributed by atoms with van der Waals surface area (Å²) in [7, 11) is 0. The van der Waals surface area contributed by atoms with Crippen LogP contribution in [0.15, 0.2) is 0 Å². The number of nitrogens with one attached hydrogen (secondary N) is 1. The van der Waals surface area contributed by atoms with Crippen LogP contribution in [0.1, 0.15) is 45.4 Å². The third kappa shape index (κ3) is 2.75. The second-order valence-corrected chi connectivity index (χ2v) is 8.00. The molecule has 4 fully saturated rings. The van der Waals surface area contributed by atoms with Gasteiger partial charge in [-0.2, -0.15) is 0 Å². The number of rotatable bonds is 3. The number of carbonyl (C=O) groups excluding carboxylic acids is 4. The van der Waals surface area contributed by atoms with Crippen molar-refractivity contribution in [3.05, 3.63) is 0 Å². The van der Waals surface area contributed by atoms with Gasteiger partial charge < -0.3 is 15.1 Å². The molecule has 2 saturated heterocycles. The second kappa shape index (κ2) is 6.25. The fourth-order valence-corrected chi connectivity index (χ4v) is 4.42. The highest BCUT2D eigenvalue weighted by Crippen LogP contribution is 2.36. The first-order chi connectivity index (χ1) is 12.4. The van der Waals surface area contributed by atoms with Crippen LogP contribution < -0.4 is 5.32 Å². The Hall–Kier alpha value is -2.12. The molecular formula is C18H26N4O4. The second-order valence-electron chi connectivity index (χ2n) is 8.00. The van der Waals surface area contributed by atoms with E-state index in [4.69, 9.17) is 0 Å². The summed E-state index contributed by atoms with van der Waals surface area (Å²) in [6.07, 6.45) is 5.08. The van der Waals surface area contributed by atoms with Gasteiger partial charge in [-0.3, -0.25) is 14.4 Å². The fourth-order valence-electron chi connectivity index (χ4n) is 4.42. The third-order valence-corrected chi connectivity index (χ3v) is 6.22. The maximum absolute atomic E-state index is 12.9. The Labute approximate surface area is 152 Å². The number of amides is 5. The van der Waals surface area contributed by atoms with Gasteiger partial charge in [0.1, 0.15) is 11.6 Å². The number of hydrogen-bond acceptors (Lipinski definition) is 4. The Balaban J connectivity index is 1.38. The third-order valence-electron chi connectivity index (χ3n) is 6.22. The van der Waals surface area contributed by atoms with Gasteiger partial charge >= 0.3 is 6.03 Å². The molecule has 1 unspecified atom stereocenters. The van der Waals surface area contributed by atoms with Gasteiger partial charge in [0.2, 0.25) is 11.8 Å². The van der Waals surface area contributed by atoms with Crippen molar-refractivity contribution in [1.29, 1.82) is 0 Å². The summed E-state index contributed by atoms with van der Waals surface area (Å²) in [5.74, 6) is -0.0995. The normalized spacial score (nSPS) is 26.4. The first-order valence-corrected chi connectivity index (χ1v) is 9.66. The SMILES string of the molecule is CC(C(=O)N1CCN(C(=O)C2CC2)CC1)N1C(=O)NC2(CCCC2)C1=O. The summed E-state index contributed by atoms with van der Waals surface area (Å²) in [6, 6.07) is -1.27. The van der Waals surface area contributed by atoms with Gasteiger partial charge in [0, 0.05) is 32.1 Å². The van der Waals surface area contributed by atoms with Crippen LogP contribution >= 0.6 is 0 Å². The topological polar surface area (TPSA) is 90.0 Å². The van der Waals surface area contributed by atoms with Crippen LogP contribution in [-0.2, 0) is 14.4 Å². The van der Waals surface area contributed by atoms with Crippen molar-refractivity contribution in [1.82, 2.24) is 20.0 Å². The summed E-state index contributed by atoms with van der Waals surface area (Å²) in [6.45, 7) is 3.58. The van der Waals surface area contributed by atoms with Crippen molar-refractivity contribution in [2.45, 2.75) is 57.0 Å². The van der Waals surface area contributed by atoms with Gasteiger partial charge in [0.15, 0.2) is 0 Å². The van der Waals surface area contributed by atoms with Crippen LogP contribution in [-0.4, -0.2) is 76.2 Å². The summed E-state index contributed by atoms with van der Waals surface area (Å²) in [5.41, 5.74) is -0.791. The zero-order chi connectivity index (χ0) is 18.5. The maximum atomic E-state index is 12.9. The number of piperazine rings is 1. The molecule has 0 aromatic heterocycles. The van der Waals surface area contributed by atoms with E-state index in [1.54, 1.807) is 11.8 Å². The van der Waals surface area contributed by atoms with Crippen LogP contribution in [0.2, 0.25) is 0 Å². The van der Waals surface area contributed by atoms with E-state index in [9.17, 15) is 19.2 Å². The minimum Gasteiger partial charge on any atom is -0.339 e. The van der Waals surface area contributed by atoms with Crippen molar-refractivity contribution in [2.24, 2.45) is 5.92 Å². The molecule has 2 aliphatic carbocycles. The molecule has 2 saturated carbocycles. The molecule has 0 bridgehead atoms. The summed E-state index contributed by atoms with van der Waals surface area (Å²) in [5, 5.41) is 2.82. The molecule has 5 amide bonds. The minimum atomic E-state index is -0.812. The standard InChI is InChI=1S/C18H26N4O4/c1-12(22-16(25)18(19-17(22)26)6-2-3-7-18)14(23)20-8-10-21(11-9-20)15(24)13-4-5-13/h12-13H,2-11H2,1H3,(H,19,26). The lowest BCUT2D eigenvalue weighted by atomic mass is 9.97. The first-order valence-electron chi connectivity index (χ1n) is 9.66. The van der Waals surface area contributed by atoms with Gasteiger partial charge in [-0.25, -0.2) is 9.69 Å². The number of nitrogens with zero attached hydrogens (tertiary/aromatic N) is 3. The van der Waals surface area contributed by atoms with E-state index in [1.165, 1.54) is 0 Å². The Kier molecular flexibility index (Phi) is 4.16. The molecule has 142 valence electrons. The number of urea groups is 1. The lowest BCUT2D eigenvalue weighted by molar-refractivity contribution is -0.146. The molecule has 8 heteroatoms. The zero-order valence-electron chi connectivity index (χ0n) is 15.2. The predicted molar refractivity (Wildman–Crippen MR) is 91.9 cm³/mol. The highest BCUT2D eigenvalue weighted by Gasteiger charge is 2.54. The smallest absolute Gasteiger partial charge is 0.325 e. The van der Waals surface area contributed by atoms with Crippen molar-refractivity contribution in [3.8, 4) is 0 Å². The molecular weight excluding hydrogens is 336 g/mol. The molecule has 1 N–H and O–H groups in total. The molecule has 0 radical (unpaired) electrons. The van der Waals surface area contributed by atoms with Crippen molar-refractivity contribution >= 4 is 23.8 Å². The largest absolute Gasteiger partial charge is 0.339 e. The summed E-state index contributed by atoms with van der Waals surface area (Å²) in [4.78, 5) is 54.8. The first kappa shape index (κ1) is 17.3. The summed E-state index contributed by atoms with van der Waals surface area (Å²) >= 11 is 0. The van der Waals surface area contributed by atoms with Crippen LogP contribution in [0, 0.1) is 5.92 Å². The average molecular weight is 362 g/mol. The molecule has 4 aliphatic rings. The Morgan fingerprint density at radius 1 is 1.04 bits per heavy atom. The Morgan fingerprint density at radius 2 is 1.62 bits per heavy atom. The van der Waals surface area contributed by atoms with Gasteiger partial charge in [0.25, 0.3) is 5.91 Å². The van der Waals surface area contributed by atoms with Crippen molar-refractivity contribution < 1.29 is 19.2 Å². The van der Waals surface area contributed by atoms with Crippen molar-refractivity contribution in [2.75, 3.05) is 26.2 Å². The molecule has 8 nitrogen and oxygen atoms in total. The average Bonchev–Trinajstić information content (AvgIpc) is 3.34. The van der Waals surface area contributed by atoms with E-state index in [1.807, 2.05) is 4.90 Å². The predicted octanol–water partition coefficient (Wildman–Crippen LogP) is 0.320. The summed E-state index contributed by atoms with van der Waals surface area (Å²) < 4.78 is 0. The van der Waals surface area contributed by atoms with E-state index in [0.717, 1.165) is 30.6 Å². The Morgan fingerprint density at radius 3 is 2.19 bits per heavy atom. The lowest BCUT2D eigenvalue weighted by Crippen LogP contribution is -2.56. The van der Waals surface area contributed by atoms with E-state index in [-0.39, 0.29) is 23.6 Å². The van der Waals surface area contributed by atoms with Gasteiger partial charge in [-0.1, -0.05) is 12.8 Å². The van der Waals surface area contributed by atoms with E-state index >= 15 is 0 Å². The highest BCUT2D eigenvalue weighted by molar-refractivity contribution is 6.10. The molecule has 4 rings (SSSR count). The molecule has 26 heavy (non-hydrogen) atoms. The van der Waals surface area contributed by atoms with Crippen LogP contribution in [0.5, 0.6) is 0 Å². The van der Waals surface area contributed by atoms with Crippen LogP contribution in [0.25, 0.3) is 0 Å². The fraction of sp³-hybridized carbons (Fsp3) is 0.778. The molecule has 0 aromatic rings. The molecule has 2 heterocycles. The molecule has 1 spiro atoms. The van der Waals surface area contributed by atoms with Gasteiger partial charge in [0.05, 0.1) is 0 Å². The maximum Gasteiger partial charge on any atom is 0.325 e. The van der Waals surface area contributed by atoms with Gasteiger partial charge in [-0.05, 0) is 32.6 Å². The lowest BCUT2D eigenvalue weighted by Gasteiger charge is -2.37. The van der Waals surface area contributed by atoms with Crippen molar-refractivity contribution in [3.63, 3.8) is 0 Å². The van der Waals surface area contributed by atoms with E-state index in [2.05, 4.69) is 5.32 Å². The monoisotopic (exact) mass is 362 g/mol. The molecule has 1 atom stereocenters. The molecule has 2 aliphatic heterocycles. The number of imide groups is 1. The quantitative estimate of drug-likeness (QED) is 0.732. The minimum absolute atomic E-state index is 0.185. The molecule has 0 aromatic carbocycles. The van der Waals surface area contributed by atoms with Crippen LogP contribution in [0.4, 0.5) is 4.79 Å². The Bertz CT molecular complexity index is 646.